The minimum Gasteiger partial charge on any atom is -0.332 e. The summed E-state index contributed by atoms with van der Waals surface area (Å²) in [5.74, 6) is -0.840. The molecule has 1 saturated carbocycles. The van der Waals surface area contributed by atoms with E-state index in [0.29, 0.717) is 19.3 Å². The van der Waals surface area contributed by atoms with Crippen molar-refractivity contribution in [1.29, 1.82) is 0 Å². The number of amides is 1. The van der Waals surface area contributed by atoms with Crippen LogP contribution in [0.15, 0.2) is 10.8 Å². The molecule has 0 radical (unpaired) electrons. The first-order chi connectivity index (χ1) is 11.7. The lowest BCUT2D eigenvalue weighted by atomic mass is 9.92. The van der Waals surface area contributed by atoms with Crippen LogP contribution >= 0.6 is 11.3 Å². The van der Waals surface area contributed by atoms with E-state index in [2.05, 4.69) is 0 Å². The molecule has 1 aliphatic heterocycles. The fraction of sp³-hybridized carbons (Fsp3) is 0.688. The molecule has 1 atom stereocenters. The Balaban J connectivity index is 1.94. The first-order valence-corrected chi connectivity index (χ1v) is 11.1. The van der Waals surface area contributed by atoms with Crippen molar-refractivity contribution in [3.8, 4) is 0 Å². The Labute approximate surface area is 148 Å². The first kappa shape index (κ1) is 18.7. The smallest absolute Gasteiger partial charge is 0.332 e. The summed E-state index contributed by atoms with van der Waals surface area (Å²) in [6.07, 6.45) is -0.0102. The first-order valence-electron chi connectivity index (χ1n) is 8.35. The molecule has 0 aromatic carbocycles. The van der Waals surface area contributed by atoms with Crippen molar-refractivity contribution in [1.82, 2.24) is 4.90 Å². The van der Waals surface area contributed by atoms with E-state index in [-0.39, 0.29) is 23.1 Å². The van der Waals surface area contributed by atoms with Gasteiger partial charge < -0.3 is 4.90 Å². The van der Waals surface area contributed by atoms with E-state index in [4.69, 9.17) is 0 Å². The van der Waals surface area contributed by atoms with Gasteiger partial charge in [-0.05, 0) is 19.3 Å². The van der Waals surface area contributed by atoms with Gasteiger partial charge in [0.25, 0.3) is 5.91 Å². The predicted molar refractivity (Wildman–Crippen MR) is 89.4 cm³/mol. The molecule has 3 rings (SSSR count). The second kappa shape index (κ2) is 6.90. The summed E-state index contributed by atoms with van der Waals surface area (Å²) < 4.78 is 63.3. The molecule has 0 N–H and O–H groups in total. The van der Waals surface area contributed by atoms with Crippen LogP contribution < -0.4 is 0 Å². The number of carbonyl (C=O) groups is 1. The monoisotopic (exact) mass is 395 g/mol. The van der Waals surface area contributed by atoms with Gasteiger partial charge in [0.15, 0.2) is 9.84 Å². The molecule has 1 aromatic rings. The largest absolute Gasteiger partial charge is 0.417 e. The minimum atomic E-state index is -4.59. The van der Waals surface area contributed by atoms with E-state index in [1.807, 2.05) is 0 Å². The molecule has 2 aliphatic rings. The Morgan fingerprint density at radius 1 is 1.08 bits per heavy atom. The van der Waals surface area contributed by atoms with Crippen molar-refractivity contribution >= 4 is 27.1 Å². The second-order valence-corrected chi connectivity index (χ2v) is 9.73. The van der Waals surface area contributed by atoms with E-state index < -0.39 is 33.5 Å². The van der Waals surface area contributed by atoms with Crippen LogP contribution in [0.5, 0.6) is 0 Å². The number of rotatable bonds is 3. The molecule has 1 saturated heterocycles. The molecule has 1 unspecified atom stereocenters. The molecule has 0 bridgehead atoms. The van der Waals surface area contributed by atoms with Gasteiger partial charge in [0.1, 0.15) is 0 Å². The van der Waals surface area contributed by atoms with Crippen molar-refractivity contribution in [3.63, 3.8) is 0 Å². The number of thiophene rings is 1. The second-order valence-electron chi connectivity index (χ2n) is 6.76. The van der Waals surface area contributed by atoms with Crippen LogP contribution in [0.25, 0.3) is 0 Å². The number of hydrogen-bond donors (Lipinski definition) is 0. The molecular formula is C16H20F3NO3S2. The van der Waals surface area contributed by atoms with E-state index >= 15 is 0 Å². The molecule has 25 heavy (non-hydrogen) atoms. The Morgan fingerprint density at radius 2 is 1.76 bits per heavy atom. The molecule has 0 spiro atoms. The quantitative estimate of drug-likeness (QED) is 0.784. The highest BCUT2D eigenvalue weighted by Gasteiger charge is 2.42. The lowest BCUT2D eigenvalue weighted by molar-refractivity contribution is -0.137. The van der Waals surface area contributed by atoms with Crippen molar-refractivity contribution in [2.24, 2.45) is 0 Å². The van der Waals surface area contributed by atoms with Crippen LogP contribution in [0.4, 0.5) is 13.2 Å². The summed E-state index contributed by atoms with van der Waals surface area (Å²) in [6.45, 7) is 0. The molecule has 1 aromatic heterocycles. The van der Waals surface area contributed by atoms with E-state index in [0.717, 1.165) is 36.0 Å². The van der Waals surface area contributed by atoms with E-state index in [9.17, 15) is 26.4 Å². The van der Waals surface area contributed by atoms with Gasteiger partial charge >= 0.3 is 6.18 Å². The highest BCUT2D eigenvalue weighted by Crippen LogP contribution is 2.37. The topological polar surface area (TPSA) is 54.5 Å². The van der Waals surface area contributed by atoms with E-state index in [1.165, 1.54) is 10.3 Å². The molecule has 1 amide bonds. The van der Waals surface area contributed by atoms with Crippen LogP contribution in [0.3, 0.4) is 0 Å². The zero-order valence-electron chi connectivity index (χ0n) is 13.6. The number of halogens is 3. The average molecular weight is 395 g/mol. The summed E-state index contributed by atoms with van der Waals surface area (Å²) in [5.41, 5.74) is -1.28. The van der Waals surface area contributed by atoms with Crippen LogP contribution in [0, 0.1) is 0 Å². The molecular weight excluding hydrogens is 375 g/mol. The average Bonchev–Trinajstić information content (AvgIpc) is 3.15. The van der Waals surface area contributed by atoms with Crippen molar-refractivity contribution in [3.05, 3.63) is 21.9 Å². The predicted octanol–water partition coefficient (Wildman–Crippen LogP) is 3.73. The van der Waals surface area contributed by atoms with Gasteiger partial charge in [-0.3, -0.25) is 4.79 Å². The van der Waals surface area contributed by atoms with E-state index in [1.54, 1.807) is 0 Å². The van der Waals surface area contributed by atoms with Crippen molar-refractivity contribution in [2.75, 3.05) is 11.5 Å². The maximum atomic E-state index is 13.2. The van der Waals surface area contributed by atoms with Gasteiger partial charge in [-0.2, -0.15) is 24.5 Å². The SMILES string of the molecule is O=C(c1cscc1C(F)(F)F)N(C1CCCCC1)C1CCS(=O)(=O)C1. The van der Waals surface area contributed by atoms with Gasteiger partial charge in [-0.1, -0.05) is 19.3 Å². The highest BCUT2D eigenvalue weighted by atomic mass is 32.2. The lowest BCUT2D eigenvalue weighted by Gasteiger charge is -2.38. The third-order valence-electron chi connectivity index (χ3n) is 5.00. The number of nitrogens with zero attached hydrogens (tertiary/aromatic N) is 1. The van der Waals surface area contributed by atoms with Crippen LogP contribution in [-0.2, 0) is 16.0 Å². The van der Waals surface area contributed by atoms with Crippen molar-refractivity contribution < 1.29 is 26.4 Å². The molecule has 140 valence electrons. The fourth-order valence-corrected chi connectivity index (χ4v) is 6.35. The number of sulfone groups is 1. The van der Waals surface area contributed by atoms with Crippen LogP contribution in [0.1, 0.15) is 54.4 Å². The van der Waals surface area contributed by atoms with Gasteiger partial charge in [0.05, 0.1) is 22.6 Å². The zero-order chi connectivity index (χ0) is 18.2. The zero-order valence-corrected chi connectivity index (χ0v) is 15.2. The lowest BCUT2D eigenvalue weighted by Crippen LogP contribution is -2.49. The van der Waals surface area contributed by atoms with Gasteiger partial charge in [0, 0.05) is 22.8 Å². The molecule has 9 heteroatoms. The Bertz CT molecular complexity index is 736. The molecule has 1 aliphatic carbocycles. The fourth-order valence-electron chi connectivity index (χ4n) is 3.81. The van der Waals surface area contributed by atoms with Gasteiger partial charge in [-0.15, -0.1) is 0 Å². The third kappa shape index (κ3) is 4.02. The molecule has 4 nitrogen and oxygen atoms in total. The normalized spacial score (nSPS) is 24.4. The number of hydrogen-bond acceptors (Lipinski definition) is 4. The standard InChI is InChI=1S/C16H20F3NO3S2/c17-16(18,19)14-9-24-8-13(14)15(21)20(11-4-2-1-3-5-11)12-6-7-25(22,23)10-12/h8-9,11-12H,1-7,10H2. The Morgan fingerprint density at radius 3 is 2.32 bits per heavy atom. The Kier molecular flexibility index (Phi) is 5.16. The van der Waals surface area contributed by atoms with Gasteiger partial charge in [-0.25, -0.2) is 8.42 Å². The number of carbonyl (C=O) groups excluding carboxylic acids is 1. The highest BCUT2D eigenvalue weighted by molar-refractivity contribution is 7.91. The maximum Gasteiger partial charge on any atom is 0.417 e. The summed E-state index contributed by atoms with van der Waals surface area (Å²) in [4.78, 5) is 14.5. The minimum absolute atomic E-state index is 0.00999. The van der Waals surface area contributed by atoms with Crippen molar-refractivity contribution in [2.45, 2.75) is 56.8 Å². The third-order valence-corrected chi connectivity index (χ3v) is 7.50. The van der Waals surface area contributed by atoms with Crippen LogP contribution in [0.2, 0.25) is 0 Å². The van der Waals surface area contributed by atoms with Crippen LogP contribution in [-0.4, -0.2) is 42.8 Å². The summed E-state index contributed by atoms with van der Waals surface area (Å²) in [7, 11) is -3.23. The Hall–Kier alpha value is -1.09. The van der Waals surface area contributed by atoms with Gasteiger partial charge in [0.2, 0.25) is 0 Å². The molecule has 2 fully saturated rings. The summed E-state index contributed by atoms with van der Waals surface area (Å²) in [5, 5.41) is 2.17. The maximum absolute atomic E-state index is 13.2. The summed E-state index contributed by atoms with van der Waals surface area (Å²) in [6, 6.07) is -0.706. The number of alkyl halides is 3. The molecule has 2 heterocycles. The summed E-state index contributed by atoms with van der Waals surface area (Å²) >= 11 is 0.842.